The number of nitrogens with zero attached hydrogens (tertiary/aromatic N) is 1. The summed E-state index contributed by atoms with van der Waals surface area (Å²) in [6.07, 6.45) is 0.103. The summed E-state index contributed by atoms with van der Waals surface area (Å²) in [5.41, 5.74) is 3.01. The summed E-state index contributed by atoms with van der Waals surface area (Å²) in [5, 5.41) is 6.12. The van der Waals surface area contributed by atoms with Crippen LogP contribution in [0.1, 0.15) is 11.3 Å². The van der Waals surface area contributed by atoms with Gasteiger partial charge in [-0.25, -0.2) is 0 Å². The minimum absolute atomic E-state index is 0.103. The number of anilines is 1. The number of rotatable bonds is 6. The Bertz CT molecular complexity index is 886. The summed E-state index contributed by atoms with van der Waals surface area (Å²) < 4.78 is 9.83. The number of aromatic nitrogens is 1. The lowest BCUT2D eigenvalue weighted by molar-refractivity contribution is -0.146. The first kappa shape index (κ1) is 17.4. The summed E-state index contributed by atoms with van der Waals surface area (Å²) in [6, 6.07) is 19.2. The van der Waals surface area contributed by atoms with Crippen LogP contribution in [0.3, 0.4) is 0 Å². The lowest BCUT2D eigenvalue weighted by Gasteiger charge is -2.06. The number of nitrogens with one attached hydrogen (secondary N) is 1. The number of esters is 1. The smallest absolute Gasteiger partial charge is 0.310 e. The van der Waals surface area contributed by atoms with Gasteiger partial charge in [0, 0.05) is 6.07 Å². The molecule has 0 spiro atoms. The molecule has 0 atom stereocenters. The normalized spacial score (nSPS) is 10.3. The zero-order valence-electron chi connectivity index (χ0n) is 14.3. The fraction of sp³-hybridized carbons (Fsp3) is 0.150. The van der Waals surface area contributed by atoms with Crippen LogP contribution in [0.25, 0.3) is 11.1 Å². The van der Waals surface area contributed by atoms with Crippen molar-refractivity contribution in [1.29, 1.82) is 0 Å². The van der Waals surface area contributed by atoms with E-state index in [1.807, 2.05) is 54.6 Å². The molecule has 1 aromatic heterocycles. The molecule has 0 radical (unpaired) electrons. The van der Waals surface area contributed by atoms with Crippen molar-refractivity contribution in [2.24, 2.45) is 0 Å². The molecule has 0 saturated heterocycles. The molecule has 0 bridgehead atoms. The molecule has 0 aliphatic heterocycles. The molecule has 6 nitrogen and oxygen atoms in total. The molecule has 0 saturated carbocycles. The lowest BCUT2D eigenvalue weighted by Crippen LogP contribution is -2.21. The highest BCUT2D eigenvalue weighted by Gasteiger charge is 2.10. The topological polar surface area (TPSA) is 81.4 Å². The first-order valence-electron chi connectivity index (χ1n) is 8.13. The predicted octanol–water partition coefficient (Wildman–Crippen LogP) is 3.37. The van der Waals surface area contributed by atoms with Crippen molar-refractivity contribution in [3.63, 3.8) is 0 Å². The van der Waals surface area contributed by atoms with Crippen molar-refractivity contribution in [2.45, 2.75) is 13.3 Å². The van der Waals surface area contributed by atoms with E-state index in [2.05, 4.69) is 10.5 Å². The molecule has 2 aromatic carbocycles. The largest absolute Gasteiger partial charge is 0.455 e. The quantitative estimate of drug-likeness (QED) is 0.689. The fourth-order valence-corrected chi connectivity index (χ4v) is 2.41. The van der Waals surface area contributed by atoms with Crippen molar-refractivity contribution in [3.05, 3.63) is 72.0 Å². The van der Waals surface area contributed by atoms with Gasteiger partial charge in [0.25, 0.3) is 5.91 Å². The van der Waals surface area contributed by atoms with Crippen LogP contribution in [0.15, 0.2) is 65.2 Å². The van der Waals surface area contributed by atoms with Crippen LogP contribution in [0, 0.1) is 6.92 Å². The molecule has 0 fully saturated rings. The van der Waals surface area contributed by atoms with Crippen molar-refractivity contribution >= 4 is 17.7 Å². The van der Waals surface area contributed by atoms with Gasteiger partial charge in [0.1, 0.15) is 5.76 Å². The van der Waals surface area contributed by atoms with E-state index in [9.17, 15) is 9.59 Å². The molecule has 0 aliphatic rings. The van der Waals surface area contributed by atoms with E-state index in [4.69, 9.17) is 9.26 Å². The van der Waals surface area contributed by atoms with Crippen LogP contribution >= 0.6 is 0 Å². The highest BCUT2D eigenvalue weighted by Crippen LogP contribution is 2.19. The summed E-state index contributed by atoms with van der Waals surface area (Å²) in [5.74, 6) is -0.0636. The standard InChI is InChI=1S/C20H18N2O4/c1-14-11-18(22-26-14)21-19(23)13-25-20(24)12-15-7-9-17(10-8-15)16-5-3-2-4-6-16/h2-11H,12-13H2,1H3,(H,21,22,23). The molecule has 26 heavy (non-hydrogen) atoms. The number of amides is 1. The highest BCUT2D eigenvalue weighted by atomic mass is 16.5. The van der Waals surface area contributed by atoms with Crippen LogP contribution in [-0.4, -0.2) is 23.6 Å². The van der Waals surface area contributed by atoms with Crippen molar-refractivity contribution in [1.82, 2.24) is 5.16 Å². The van der Waals surface area contributed by atoms with Gasteiger partial charge in [0.05, 0.1) is 6.42 Å². The summed E-state index contributed by atoms with van der Waals surface area (Å²) >= 11 is 0. The van der Waals surface area contributed by atoms with E-state index >= 15 is 0 Å². The zero-order valence-corrected chi connectivity index (χ0v) is 14.3. The second-order valence-corrected chi connectivity index (χ2v) is 5.77. The van der Waals surface area contributed by atoms with E-state index in [-0.39, 0.29) is 13.0 Å². The molecule has 3 aromatic rings. The van der Waals surface area contributed by atoms with E-state index in [1.165, 1.54) is 0 Å². The van der Waals surface area contributed by atoms with Gasteiger partial charge >= 0.3 is 5.97 Å². The number of carbonyl (C=O) groups excluding carboxylic acids is 2. The molecule has 1 amide bonds. The number of carbonyl (C=O) groups is 2. The van der Waals surface area contributed by atoms with E-state index in [0.717, 1.165) is 16.7 Å². The zero-order chi connectivity index (χ0) is 18.4. The number of benzene rings is 2. The SMILES string of the molecule is Cc1cc(NC(=O)COC(=O)Cc2ccc(-c3ccccc3)cc2)no1. The molecular formula is C20H18N2O4. The Kier molecular flexibility index (Phi) is 5.43. The number of aryl methyl sites for hydroxylation is 1. The average Bonchev–Trinajstić information content (AvgIpc) is 3.06. The number of ether oxygens (including phenoxy) is 1. The lowest BCUT2D eigenvalue weighted by atomic mass is 10.0. The molecule has 1 N–H and O–H groups in total. The molecule has 3 rings (SSSR count). The van der Waals surface area contributed by atoms with E-state index in [1.54, 1.807) is 13.0 Å². The Labute approximate surface area is 150 Å². The van der Waals surface area contributed by atoms with Gasteiger partial charge in [-0.2, -0.15) is 0 Å². The monoisotopic (exact) mass is 350 g/mol. The molecule has 1 heterocycles. The van der Waals surface area contributed by atoms with Crippen LogP contribution in [0.5, 0.6) is 0 Å². The second-order valence-electron chi connectivity index (χ2n) is 5.77. The minimum atomic E-state index is -0.469. The first-order chi connectivity index (χ1) is 12.6. The number of hydrogen-bond acceptors (Lipinski definition) is 5. The Balaban J connectivity index is 1.48. The molecule has 132 valence electrons. The van der Waals surface area contributed by atoms with Gasteiger partial charge in [-0.1, -0.05) is 59.8 Å². The van der Waals surface area contributed by atoms with Gasteiger partial charge < -0.3 is 14.6 Å². The van der Waals surface area contributed by atoms with Crippen molar-refractivity contribution < 1.29 is 18.8 Å². The maximum Gasteiger partial charge on any atom is 0.310 e. The summed E-state index contributed by atoms with van der Waals surface area (Å²) in [7, 11) is 0. The van der Waals surface area contributed by atoms with Gasteiger partial charge in [-0.3, -0.25) is 9.59 Å². The van der Waals surface area contributed by atoms with Gasteiger partial charge in [-0.05, 0) is 23.6 Å². The Hall–Kier alpha value is -3.41. The van der Waals surface area contributed by atoms with Crippen LogP contribution in [-0.2, 0) is 20.7 Å². The first-order valence-corrected chi connectivity index (χ1v) is 8.13. The maximum absolute atomic E-state index is 11.9. The third-order valence-corrected chi connectivity index (χ3v) is 3.67. The van der Waals surface area contributed by atoms with Crippen LogP contribution < -0.4 is 5.32 Å². The Morgan fingerprint density at radius 1 is 1.04 bits per heavy atom. The van der Waals surface area contributed by atoms with Crippen molar-refractivity contribution in [3.8, 4) is 11.1 Å². The highest BCUT2D eigenvalue weighted by molar-refractivity contribution is 5.92. The Morgan fingerprint density at radius 2 is 1.73 bits per heavy atom. The van der Waals surface area contributed by atoms with E-state index < -0.39 is 11.9 Å². The second kappa shape index (κ2) is 8.11. The van der Waals surface area contributed by atoms with Crippen LogP contribution in [0.2, 0.25) is 0 Å². The van der Waals surface area contributed by atoms with Crippen molar-refractivity contribution in [2.75, 3.05) is 11.9 Å². The maximum atomic E-state index is 11.9. The molecule has 0 unspecified atom stereocenters. The third kappa shape index (κ3) is 4.80. The molecular weight excluding hydrogens is 332 g/mol. The summed E-state index contributed by atoms with van der Waals surface area (Å²) in [6.45, 7) is 1.35. The average molecular weight is 350 g/mol. The summed E-state index contributed by atoms with van der Waals surface area (Å²) in [4.78, 5) is 23.6. The molecule has 6 heteroatoms. The Morgan fingerprint density at radius 3 is 2.38 bits per heavy atom. The van der Waals surface area contributed by atoms with Gasteiger partial charge in [0.15, 0.2) is 12.4 Å². The predicted molar refractivity (Wildman–Crippen MR) is 96.4 cm³/mol. The van der Waals surface area contributed by atoms with Gasteiger partial charge in [-0.15, -0.1) is 0 Å². The number of hydrogen-bond donors (Lipinski definition) is 1. The van der Waals surface area contributed by atoms with E-state index in [0.29, 0.717) is 11.6 Å². The molecule has 0 aliphatic carbocycles. The fourth-order valence-electron chi connectivity index (χ4n) is 2.41. The van der Waals surface area contributed by atoms with Gasteiger partial charge in [0.2, 0.25) is 0 Å². The third-order valence-electron chi connectivity index (χ3n) is 3.67. The minimum Gasteiger partial charge on any atom is -0.455 e. The van der Waals surface area contributed by atoms with Crippen LogP contribution in [0.4, 0.5) is 5.82 Å².